The molecule has 1 saturated carbocycles. The number of phenols is 1. The number of nitrogens with zero attached hydrogens (tertiary/aromatic N) is 2. The molecule has 14 heteroatoms. The number of halogens is 3. The number of ether oxygens (including phenoxy) is 1. The van der Waals surface area contributed by atoms with Crippen molar-refractivity contribution in [3.63, 3.8) is 0 Å². The smallest absolute Gasteiger partial charge is 0.335 e. The molecule has 3 N–H and O–H groups in total. The number of imide groups is 2. The van der Waals surface area contributed by atoms with Crippen molar-refractivity contribution in [2.24, 2.45) is 23.7 Å². The average Bonchev–Trinajstić information content (AvgIpc) is 3.54. The number of carboxylic acid groups (broad SMARTS) is 1. The number of allylic oxidation sites excluding steroid dienone is 2. The summed E-state index contributed by atoms with van der Waals surface area (Å²) in [5, 5.41) is 22.3. The Labute approximate surface area is 317 Å². The maximum atomic E-state index is 15.4. The molecule has 2 aliphatic heterocycles. The van der Waals surface area contributed by atoms with E-state index in [0.29, 0.717) is 21.9 Å². The SMILES string of the molecule is COc1ccc([C@@]23C(=O)N(Nc4ccc(Cl)cc4Cl)C(=O)[C@@H]2C[C@@H]2C(=CC[C@@H]4C(=O)N(c5cccc(C(=O)O)c5)C(=O)[C@@H]42)[C@@H]3c2cccc(F)c2O)cc1. The molecule has 0 unspecified atom stereocenters. The number of carbonyl (C=O) groups excluding carboxylic acids is 4. The molecule has 4 amide bonds. The summed E-state index contributed by atoms with van der Waals surface area (Å²) in [7, 11) is 1.48. The molecule has 2 heterocycles. The van der Waals surface area contributed by atoms with E-state index in [1.165, 1.54) is 61.7 Å². The van der Waals surface area contributed by atoms with E-state index in [0.717, 1.165) is 16.0 Å². The normalized spacial score (nSPS) is 25.9. The minimum atomic E-state index is -1.81. The van der Waals surface area contributed by atoms with Crippen molar-refractivity contribution in [1.82, 2.24) is 5.01 Å². The molecule has 6 atom stereocenters. The second-order valence-electron chi connectivity index (χ2n) is 13.8. The number of phenolic OH excluding ortho intramolecular Hbond substituents is 1. The third kappa shape index (κ3) is 5.11. The minimum absolute atomic E-state index is 0.0144. The van der Waals surface area contributed by atoms with Crippen molar-refractivity contribution < 1.29 is 43.3 Å². The summed E-state index contributed by atoms with van der Waals surface area (Å²) in [5.74, 6) is -10.1. The van der Waals surface area contributed by atoms with Crippen LogP contribution in [0.25, 0.3) is 0 Å². The van der Waals surface area contributed by atoms with Crippen LogP contribution in [0, 0.1) is 29.5 Å². The zero-order chi connectivity index (χ0) is 38.2. The molecule has 274 valence electrons. The molecule has 0 aromatic heterocycles. The summed E-state index contributed by atoms with van der Waals surface area (Å²) in [4.78, 5) is 71.4. The number of hydrogen-bond acceptors (Lipinski definition) is 8. The van der Waals surface area contributed by atoms with Crippen LogP contribution in [0.5, 0.6) is 11.5 Å². The van der Waals surface area contributed by atoms with E-state index >= 15 is 9.18 Å². The number of carbonyl (C=O) groups is 5. The zero-order valence-corrected chi connectivity index (χ0v) is 29.8. The second-order valence-corrected chi connectivity index (χ2v) is 14.6. The fourth-order valence-corrected chi connectivity index (χ4v) is 9.44. The van der Waals surface area contributed by atoms with Gasteiger partial charge in [0.05, 0.1) is 52.2 Å². The van der Waals surface area contributed by atoms with Gasteiger partial charge >= 0.3 is 5.97 Å². The fraction of sp³-hybridized carbons (Fsp3) is 0.225. The highest BCUT2D eigenvalue weighted by atomic mass is 35.5. The van der Waals surface area contributed by atoms with E-state index in [2.05, 4.69) is 5.43 Å². The summed E-state index contributed by atoms with van der Waals surface area (Å²) >= 11 is 12.6. The van der Waals surface area contributed by atoms with Crippen molar-refractivity contribution >= 4 is 64.2 Å². The number of para-hydroxylation sites is 1. The molecule has 2 saturated heterocycles. The molecular formula is C40H30Cl2FN3O8. The number of amides is 4. The molecular weight excluding hydrogens is 740 g/mol. The summed E-state index contributed by atoms with van der Waals surface area (Å²) in [6.45, 7) is 0. The average molecular weight is 771 g/mol. The molecule has 11 nitrogen and oxygen atoms in total. The van der Waals surface area contributed by atoms with Crippen molar-refractivity contribution in [2.45, 2.75) is 24.2 Å². The fourth-order valence-electron chi connectivity index (χ4n) is 8.99. The number of methoxy groups -OCH3 is 1. The van der Waals surface area contributed by atoms with Crippen LogP contribution < -0.4 is 15.1 Å². The topological polar surface area (TPSA) is 154 Å². The molecule has 2 aliphatic carbocycles. The van der Waals surface area contributed by atoms with Gasteiger partial charge in [0.2, 0.25) is 11.8 Å². The monoisotopic (exact) mass is 769 g/mol. The van der Waals surface area contributed by atoms with Crippen LogP contribution in [-0.2, 0) is 24.6 Å². The molecule has 0 radical (unpaired) electrons. The van der Waals surface area contributed by atoms with E-state index in [4.69, 9.17) is 27.9 Å². The van der Waals surface area contributed by atoms with Gasteiger partial charge < -0.3 is 14.9 Å². The highest BCUT2D eigenvalue weighted by Gasteiger charge is 2.70. The molecule has 4 aromatic carbocycles. The lowest BCUT2D eigenvalue weighted by atomic mass is 9.49. The molecule has 0 spiro atoms. The number of hydrogen-bond donors (Lipinski definition) is 3. The summed E-state index contributed by atoms with van der Waals surface area (Å²) in [6.07, 6.45) is 1.73. The van der Waals surface area contributed by atoms with E-state index in [1.54, 1.807) is 30.3 Å². The Morgan fingerprint density at radius 3 is 2.37 bits per heavy atom. The van der Waals surface area contributed by atoms with Crippen LogP contribution in [0.4, 0.5) is 15.8 Å². The number of aromatic carboxylic acids is 1. The standard InChI is InChI=1S/C40H30Cl2FN3O8/c1-54-23-11-8-20(9-12-23)40-28(36(49)46(39(40)53)44-31-15-10-21(41)17-29(31)42)18-27-24(33(40)26-6-3-7-30(43)34(26)47)13-14-25-32(27)37(50)45(35(25)48)22-5-2-4-19(16-22)38(51)52/h2-13,15-17,25,27-28,32-33,44,47H,14,18H2,1H3,(H,51,52)/t25-,27+,28-,32-,33+,40+/m0/s1. The van der Waals surface area contributed by atoms with Gasteiger partial charge in [-0.1, -0.05) is 65.2 Å². The predicted octanol–water partition coefficient (Wildman–Crippen LogP) is 6.73. The maximum Gasteiger partial charge on any atom is 0.335 e. The number of aromatic hydroxyl groups is 1. The van der Waals surface area contributed by atoms with Crippen molar-refractivity contribution in [3.8, 4) is 11.5 Å². The Balaban J connectivity index is 1.33. The summed E-state index contributed by atoms with van der Waals surface area (Å²) < 4.78 is 20.8. The molecule has 4 aromatic rings. The number of nitrogens with one attached hydrogen (secondary N) is 1. The third-order valence-corrected chi connectivity index (χ3v) is 11.8. The highest BCUT2D eigenvalue weighted by molar-refractivity contribution is 6.36. The van der Waals surface area contributed by atoms with Gasteiger partial charge in [-0.3, -0.25) is 29.5 Å². The van der Waals surface area contributed by atoms with E-state index < -0.39 is 76.2 Å². The molecule has 4 aliphatic rings. The number of benzene rings is 4. The first-order valence-corrected chi connectivity index (χ1v) is 17.8. The highest BCUT2D eigenvalue weighted by Crippen LogP contribution is 2.65. The number of anilines is 2. The Hall–Kier alpha value is -5.72. The Morgan fingerprint density at radius 1 is 0.926 bits per heavy atom. The van der Waals surface area contributed by atoms with Gasteiger partial charge in [-0.15, -0.1) is 0 Å². The minimum Gasteiger partial charge on any atom is -0.505 e. The first-order chi connectivity index (χ1) is 25.9. The Kier molecular flexibility index (Phi) is 8.50. The second kappa shape index (κ2) is 13.0. The van der Waals surface area contributed by atoms with Crippen LogP contribution in [-0.4, -0.2) is 51.9 Å². The maximum absolute atomic E-state index is 15.4. The molecule has 3 fully saturated rings. The van der Waals surface area contributed by atoms with Crippen LogP contribution in [0.2, 0.25) is 10.0 Å². The lowest BCUT2D eigenvalue weighted by molar-refractivity contribution is -0.138. The number of fused-ring (bicyclic) bond motifs is 4. The van der Waals surface area contributed by atoms with E-state index in [9.17, 15) is 29.4 Å². The third-order valence-electron chi connectivity index (χ3n) is 11.3. The largest absolute Gasteiger partial charge is 0.505 e. The molecule has 0 bridgehead atoms. The van der Waals surface area contributed by atoms with Gasteiger partial charge in [0, 0.05) is 16.5 Å². The number of carboxylic acids is 1. The molecule has 54 heavy (non-hydrogen) atoms. The first kappa shape index (κ1) is 35.3. The Morgan fingerprint density at radius 2 is 1.67 bits per heavy atom. The predicted molar refractivity (Wildman–Crippen MR) is 195 cm³/mol. The van der Waals surface area contributed by atoms with Gasteiger partial charge in [0.1, 0.15) is 5.75 Å². The lowest BCUT2D eigenvalue weighted by Gasteiger charge is -2.50. The first-order valence-electron chi connectivity index (χ1n) is 17.0. The molecule has 8 rings (SSSR count). The van der Waals surface area contributed by atoms with Gasteiger partial charge in [0.25, 0.3) is 11.8 Å². The van der Waals surface area contributed by atoms with E-state index in [-0.39, 0.29) is 40.4 Å². The van der Waals surface area contributed by atoms with Crippen molar-refractivity contribution in [2.75, 3.05) is 17.4 Å². The summed E-state index contributed by atoms with van der Waals surface area (Å²) in [5.41, 5.74) is 2.11. The Bertz CT molecular complexity index is 2330. The van der Waals surface area contributed by atoms with Crippen LogP contribution in [0.15, 0.2) is 96.6 Å². The van der Waals surface area contributed by atoms with Gasteiger partial charge in [-0.2, -0.15) is 5.01 Å². The number of hydrazine groups is 1. The quantitative estimate of drug-likeness (QED) is 0.137. The van der Waals surface area contributed by atoms with Gasteiger partial charge in [-0.25, -0.2) is 9.18 Å². The van der Waals surface area contributed by atoms with Crippen LogP contribution in [0.3, 0.4) is 0 Å². The lowest BCUT2D eigenvalue weighted by Crippen LogP contribution is -2.53. The van der Waals surface area contributed by atoms with Crippen molar-refractivity contribution in [1.29, 1.82) is 0 Å². The van der Waals surface area contributed by atoms with Crippen molar-refractivity contribution in [3.05, 3.63) is 129 Å². The zero-order valence-electron chi connectivity index (χ0n) is 28.3. The van der Waals surface area contributed by atoms with Crippen LogP contribution >= 0.6 is 23.2 Å². The number of rotatable bonds is 7. The van der Waals surface area contributed by atoms with Gasteiger partial charge in [-0.05, 0) is 78.9 Å². The van der Waals surface area contributed by atoms with Crippen LogP contribution in [0.1, 0.15) is 40.2 Å². The summed E-state index contributed by atoms with van der Waals surface area (Å²) in [6, 6.07) is 20.5. The van der Waals surface area contributed by atoms with Gasteiger partial charge in [0.15, 0.2) is 11.6 Å². The van der Waals surface area contributed by atoms with E-state index in [1.807, 2.05) is 0 Å².